The van der Waals surface area contributed by atoms with E-state index < -0.39 is 27.8 Å². The Morgan fingerprint density at radius 2 is 2.12 bits per heavy atom. The third-order valence-corrected chi connectivity index (χ3v) is 5.44. The number of rotatable bonds is 3. The number of sulfonamides is 1. The van der Waals surface area contributed by atoms with E-state index >= 15 is 0 Å². The van der Waals surface area contributed by atoms with Gasteiger partial charge in [-0.05, 0) is 19.4 Å². The van der Waals surface area contributed by atoms with Crippen LogP contribution >= 0.6 is 0 Å². The first-order valence-electron chi connectivity index (χ1n) is 7.93. The van der Waals surface area contributed by atoms with Crippen LogP contribution in [0.2, 0.25) is 0 Å². The molecule has 2 aromatic rings. The number of amides is 1. The number of halogens is 1. The first kappa shape index (κ1) is 18.4. The van der Waals surface area contributed by atoms with Gasteiger partial charge in [0.15, 0.2) is 11.6 Å². The quantitative estimate of drug-likeness (QED) is 0.770. The maximum atomic E-state index is 13.9. The van der Waals surface area contributed by atoms with Gasteiger partial charge < -0.3 is 9.42 Å². The van der Waals surface area contributed by atoms with Gasteiger partial charge in [0.2, 0.25) is 15.9 Å². The molecule has 1 aliphatic rings. The van der Waals surface area contributed by atoms with Crippen LogP contribution in [0.25, 0.3) is 0 Å². The highest BCUT2D eigenvalue weighted by atomic mass is 32.2. The second-order valence-electron chi connectivity index (χ2n) is 6.01. The molecule has 1 amide bonds. The average molecular weight is 383 g/mol. The topological polar surface area (TPSA) is 110 Å². The number of aryl methyl sites for hydroxylation is 1. The zero-order valence-electron chi connectivity index (χ0n) is 14.3. The summed E-state index contributed by atoms with van der Waals surface area (Å²) in [6, 6.07) is 0.627. The van der Waals surface area contributed by atoms with Gasteiger partial charge in [0.1, 0.15) is 6.04 Å². The van der Waals surface area contributed by atoms with Crippen molar-refractivity contribution in [1.29, 1.82) is 0 Å². The normalized spacial score (nSPS) is 19.3. The molecular weight excluding hydrogens is 365 g/mol. The molecule has 0 aromatic carbocycles. The molecule has 0 saturated carbocycles. The van der Waals surface area contributed by atoms with Gasteiger partial charge in [-0.25, -0.2) is 12.8 Å². The number of aromatic nitrogens is 3. The fourth-order valence-corrected chi connectivity index (χ4v) is 3.99. The molecule has 0 N–H and O–H groups in total. The summed E-state index contributed by atoms with van der Waals surface area (Å²) in [5.41, 5.74) is -0.0991. The smallest absolute Gasteiger partial charge is 0.256 e. The number of nitrogens with zero attached hydrogens (tertiary/aromatic N) is 5. The summed E-state index contributed by atoms with van der Waals surface area (Å²) < 4.78 is 44.6. The molecule has 0 spiro atoms. The molecule has 2 aromatic heterocycles. The van der Waals surface area contributed by atoms with Gasteiger partial charge in [-0.3, -0.25) is 9.78 Å². The van der Waals surface area contributed by atoms with Gasteiger partial charge in [-0.2, -0.15) is 9.29 Å². The van der Waals surface area contributed by atoms with Crippen LogP contribution in [-0.2, 0) is 10.0 Å². The second kappa shape index (κ2) is 7.08. The van der Waals surface area contributed by atoms with E-state index in [0.717, 1.165) is 12.5 Å². The predicted octanol–water partition coefficient (Wildman–Crippen LogP) is 0.761. The van der Waals surface area contributed by atoms with Crippen LogP contribution in [0.5, 0.6) is 0 Å². The molecule has 26 heavy (non-hydrogen) atoms. The van der Waals surface area contributed by atoms with Crippen molar-refractivity contribution in [3.05, 3.63) is 41.6 Å². The summed E-state index contributed by atoms with van der Waals surface area (Å²) in [5.74, 6) is -0.659. The Kier molecular flexibility index (Phi) is 5.01. The maximum Gasteiger partial charge on any atom is 0.256 e. The van der Waals surface area contributed by atoms with Crippen LogP contribution in [0.15, 0.2) is 23.0 Å². The molecular formula is C15H18FN5O4S. The average Bonchev–Trinajstić information content (AvgIpc) is 2.88. The Morgan fingerprint density at radius 1 is 1.35 bits per heavy atom. The summed E-state index contributed by atoms with van der Waals surface area (Å²) in [5, 5.41) is 3.71. The predicted molar refractivity (Wildman–Crippen MR) is 88.0 cm³/mol. The van der Waals surface area contributed by atoms with Crippen molar-refractivity contribution in [2.75, 3.05) is 25.9 Å². The van der Waals surface area contributed by atoms with Crippen LogP contribution in [0, 0.1) is 12.7 Å². The van der Waals surface area contributed by atoms with Crippen molar-refractivity contribution in [3.63, 3.8) is 0 Å². The van der Waals surface area contributed by atoms with Crippen LogP contribution in [-0.4, -0.2) is 64.5 Å². The van der Waals surface area contributed by atoms with E-state index in [1.807, 2.05) is 0 Å². The Labute approximate surface area is 149 Å². The van der Waals surface area contributed by atoms with E-state index in [-0.39, 0.29) is 37.5 Å². The summed E-state index contributed by atoms with van der Waals surface area (Å²) in [7, 11) is -3.58. The molecule has 0 aliphatic carbocycles. The summed E-state index contributed by atoms with van der Waals surface area (Å²) >= 11 is 0. The van der Waals surface area contributed by atoms with Crippen molar-refractivity contribution in [1.82, 2.24) is 24.3 Å². The molecule has 1 fully saturated rings. The van der Waals surface area contributed by atoms with Gasteiger partial charge in [0.25, 0.3) is 5.91 Å². The largest absolute Gasteiger partial charge is 0.338 e. The molecule has 0 bridgehead atoms. The highest BCUT2D eigenvalue weighted by Gasteiger charge is 2.36. The summed E-state index contributed by atoms with van der Waals surface area (Å²) in [6.45, 7) is 2.02. The van der Waals surface area contributed by atoms with Crippen molar-refractivity contribution >= 4 is 15.9 Å². The summed E-state index contributed by atoms with van der Waals surface area (Å²) in [6.07, 6.45) is 3.65. The van der Waals surface area contributed by atoms with Gasteiger partial charge in [-0.1, -0.05) is 5.16 Å². The first-order chi connectivity index (χ1) is 12.3. The lowest BCUT2D eigenvalue weighted by Gasteiger charge is -2.24. The van der Waals surface area contributed by atoms with Crippen LogP contribution < -0.4 is 0 Å². The highest BCUT2D eigenvalue weighted by molar-refractivity contribution is 7.88. The number of carbonyl (C=O) groups is 1. The lowest BCUT2D eigenvalue weighted by Crippen LogP contribution is -2.38. The minimum Gasteiger partial charge on any atom is -0.338 e. The molecule has 0 radical (unpaired) electrons. The molecule has 1 aliphatic heterocycles. The molecule has 1 unspecified atom stereocenters. The molecule has 1 atom stereocenters. The fourth-order valence-electron chi connectivity index (χ4n) is 2.92. The summed E-state index contributed by atoms with van der Waals surface area (Å²) in [4.78, 5) is 21.8. The fraction of sp³-hybridized carbons (Fsp3) is 0.467. The Bertz CT molecular complexity index is 916. The first-order valence-corrected chi connectivity index (χ1v) is 9.78. The van der Waals surface area contributed by atoms with Crippen LogP contribution in [0.3, 0.4) is 0 Å². The van der Waals surface area contributed by atoms with E-state index in [4.69, 9.17) is 4.52 Å². The van der Waals surface area contributed by atoms with E-state index in [1.165, 1.54) is 21.5 Å². The van der Waals surface area contributed by atoms with E-state index in [1.54, 1.807) is 6.92 Å². The van der Waals surface area contributed by atoms with Crippen molar-refractivity contribution in [2.24, 2.45) is 0 Å². The van der Waals surface area contributed by atoms with Gasteiger partial charge in [0.05, 0.1) is 18.0 Å². The van der Waals surface area contributed by atoms with Crippen LogP contribution in [0.1, 0.15) is 34.5 Å². The van der Waals surface area contributed by atoms with E-state index in [2.05, 4.69) is 15.1 Å². The van der Waals surface area contributed by atoms with E-state index in [9.17, 15) is 17.6 Å². The monoisotopic (exact) mass is 383 g/mol. The van der Waals surface area contributed by atoms with Crippen LogP contribution in [0.4, 0.5) is 4.39 Å². The Morgan fingerprint density at radius 3 is 2.73 bits per heavy atom. The third-order valence-electron chi connectivity index (χ3n) is 4.15. The number of hydrogen-bond acceptors (Lipinski definition) is 7. The number of pyridine rings is 1. The molecule has 3 rings (SSSR count). The minimum atomic E-state index is -3.58. The molecule has 9 nitrogen and oxygen atoms in total. The molecule has 1 saturated heterocycles. The molecule has 3 heterocycles. The molecule has 140 valence electrons. The lowest BCUT2D eigenvalue weighted by atomic mass is 10.2. The zero-order valence-corrected chi connectivity index (χ0v) is 15.1. The molecule has 11 heteroatoms. The number of carbonyl (C=O) groups excluding carboxylic acids is 1. The minimum absolute atomic E-state index is 0.0450. The standard InChI is InChI=1S/C15H18FN5O4S/c1-10-18-14(25-19-10)13-4-6-20(7-8-21(13)26(2,23)24)15(22)11-3-5-17-9-12(11)16/h3,5,9,13H,4,6-8H2,1-2H3. The Hall–Kier alpha value is -2.40. The lowest BCUT2D eigenvalue weighted by molar-refractivity contribution is 0.0759. The van der Waals surface area contributed by atoms with Gasteiger partial charge in [-0.15, -0.1) is 0 Å². The zero-order chi connectivity index (χ0) is 18.9. The van der Waals surface area contributed by atoms with Gasteiger partial charge in [0, 0.05) is 25.8 Å². The highest BCUT2D eigenvalue weighted by Crippen LogP contribution is 2.28. The Balaban J connectivity index is 1.87. The van der Waals surface area contributed by atoms with Crippen molar-refractivity contribution in [3.8, 4) is 0 Å². The van der Waals surface area contributed by atoms with E-state index in [0.29, 0.717) is 5.82 Å². The van der Waals surface area contributed by atoms with Gasteiger partial charge >= 0.3 is 0 Å². The van der Waals surface area contributed by atoms with Crippen molar-refractivity contribution in [2.45, 2.75) is 19.4 Å². The maximum absolute atomic E-state index is 13.9. The second-order valence-corrected chi connectivity index (χ2v) is 7.94. The third kappa shape index (κ3) is 3.73. The van der Waals surface area contributed by atoms with Crippen molar-refractivity contribution < 1.29 is 22.1 Å². The SMILES string of the molecule is Cc1noc(C2CCN(C(=O)c3ccncc3F)CCN2S(C)(=O)=O)n1. The number of hydrogen-bond donors (Lipinski definition) is 0.